The monoisotopic (exact) mass is 372 g/mol. The van der Waals surface area contributed by atoms with Gasteiger partial charge >= 0.3 is 0 Å². The minimum Gasteiger partial charge on any atom is -0.375 e. The summed E-state index contributed by atoms with van der Waals surface area (Å²) in [7, 11) is 2.06. The lowest BCUT2D eigenvalue weighted by Crippen LogP contribution is -2.29. The number of amides is 1. The zero-order valence-corrected chi connectivity index (χ0v) is 17.1. The van der Waals surface area contributed by atoms with Crippen LogP contribution in [-0.4, -0.2) is 42.3 Å². The van der Waals surface area contributed by atoms with Crippen molar-refractivity contribution in [2.24, 2.45) is 0 Å². The maximum absolute atomic E-state index is 12.6. The van der Waals surface area contributed by atoms with Crippen LogP contribution in [0.25, 0.3) is 0 Å². The van der Waals surface area contributed by atoms with Crippen LogP contribution in [0.5, 0.6) is 0 Å². The summed E-state index contributed by atoms with van der Waals surface area (Å²) < 4.78 is 0. The van der Waals surface area contributed by atoms with Crippen LogP contribution < -0.4 is 10.2 Å². The summed E-state index contributed by atoms with van der Waals surface area (Å²) in [5.41, 5.74) is 2.52. The van der Waals surface area contributed by atoms with Crippen molar-refractivity contribution in [3.63, 3.8) is 0 Å². The molecule has 0 aliphatic carbocycles. The maximum Gasteiger partial charge on any atom is 0.255 e. The van der Waals surface area contributed by atoms with Gasteiger partial charge in [0.05, 0.1) is 11.3 Å². The Morgan fingerprint density at radius 1 is 1.23 bits per heavy atom. The highest BCUT2D eigenvalue weighted by Crippen LogP contribution is 2.23. The second kappa shape index (κ2) is 9.57. The Bertz CT molecular complexity index is 734. The molecule has 5 nitrogen and oxygen atoms in total. The molecule has 0 saturated carbocycles. The van der Waals surface area contributed by atoms with Crippen molar-refractivity contribution in [1.82, 2.24) is 15.3 Å². The number of aromatic nitrogens is 2. The molecule has 1 aromatic carbocycles. The van der Waals surface area contributed by atoms with Crippen LogP contribution >= 0.6 is 11.8 Å². The van der Waals surface area contributed by atoms with E-state index in [0.717, 1.165) is 29.5 Å². The van der Waals surface area contributed by atoms with Crippen molar-refractivity contribution in [1.29, 1.82) is 0 Å². The van der Waals surface area contributed by atoms with Crippen LogP contribution in [0.3, 0.4) is 0 Å². The topological polar surface area (TPSA) is 58.1 Å². The number of nitrogens with zero attached hydrogens (tertiary/aromatic N) is 3. The maximum atomic E-state index is 12.6. The van der Waals surface area contributed by atoms with Crippen LogP contribution in [0.2, 0.25) is 0 Å². The van der Waals surface area contributed by atoms with Crippen molar-refractivity contribution < 1.29 is 4.79 Å². The van der Waals surface area contributed by atoms with E-state index in [-0.39, 0.29) is 11.8 Å². The molecule has 140 valence electrons. The van der Waals surface area contributed by atoms with Gasteiger partial charge in [-0.3, -0.25) is 4.79 Å². The summed E-state index contributed by atoms with van der Waals surface area (Å²) in [5, 5.41) is 3.76. The molecule has 1 amide bonds. The molecular weight excluding hydrogens is 344 g/mol. The molecule has 0 atom stereocenters. The first-order valence-corrected chi connectivity index (χ1v) is 10.1. The lowest BCUT2D eigenvalue weighted by Gasteiger charge is -2.19. The number of rotatable bonds is 8. The van der Waals surface area contributed by atoms with E-state index in [4.69, 9.17) is 0 Å². The standard InChI is InChI=1S/C20H28N4OS/c1-14(2)18-22-15(3)17(20(23-18)26-5)19(25)21-12-9-13-24(4)16-10-7-6-8-11-16/h6-8,10-11,14H,9,12-13H2,1-5H3,(H,21,25). The number of carbonyl (C=O) groups excluding carboxylic acids is 1. The summed E-state index contributed by atoms with van der Waals surface area (Å²) in [5.74, 6) is 0.933. The van der Waals surface area contributed by atoms with Crippen molar-refractivity contribution in [3.05, 3.63) is 47.4 Å². The molecule has 2 aromatic rings. The third-order valence-electron chi connectivity index (χ3n) is 4.16. The van der Waals surface area contributed by atoms with E-state index in [2.05, 4.69) is 53.2 Å². The highest BCUT2D eigenvalue weighted by Gasteiger charge is 2.19. The molecule has 1 N–H and O–H groups in total. The van der Waals surface area contributed by atoms with E-state index in [1.54, 1.807) is 0 Å². The number of anilines is 1. The molecule has 1 heterocycles. The van der Waals surface area contributed by atoms with Gasteiger partial charge in [-0.2, -0.15) is 0 Å². The van der Waals surface area contributed by atoms with Gasteiger partial charge in [0.2, 0.25) is 0 Å². The number of hydrogen-bond acceptors (Lipinski definition) is 5. The molecule has 0 fully saturated rings. The van der Waals surface area contributed by atoms with Gasteiger partial charge in [0.25, 0.3) is 5.91 Å². The number of carbonyl (C=O) groups is 1. The van der Waals surface area contributed by atoms with Crippen LogP contribution in [0.15, 0.2) is 35.4 Å². The van der Waals surface area contributed by atoms with E-state index in [1.165, 1.54) is 17.4 Å². The first-order chi connectivity index (χ1) is 12.4. The smallest absolute Gasteiger partial charge is 0.255 e. The Morgan fingerprint density at radius 2 is 1.92 bits per heavy atom. The fourth-order valence-corrected chi connectivity index (χ4v) is 3.28. The number of hydrogen-bond donors (Lipinski definition) is 1. The van der Waals surface area contributed by atoms with Gasteiger partial charge in [0.15, 0.2) is 0 Å². The second-order valence-corrected chi connectivity index (χ2v) is 7.37. The zero-order chi connectivity index (χ0) is 19.1. The van der Waals surface area contributed by atoms with Gasteiger partial charge in [0, 0.05) is 31.7 Å². The Labute approximate surface area is 160 Å². The number of para-hydroxylation sites is 1. The molecule has 0 saturated heterocycles. The third-order valence-corrected chi connectivity index (χ3v) is 4.85. The number of thioether (sulfide) groups is 1. The normalized spacial score (nSPS) is 10.8. The quantitative estimate of drug-likeness (QED) is 0.433. The van der Waals surface area contributed by atoms with Gasteiger partial charge < -0.3 is 10.2 Å². The van der Waals surface area contributed by atoms with Crippen molar-refractivity contribution in [3.8, 4) is 0 Å². The molecule has 0 aliphatic rings. The summed E-state index contributed by atoms with van der Waals surface area (Å²) in [6, 6.07) is 10.2. The molecule has 2 rings (SSSR count). The fourth-order valence-electron chi connectivity index (χ4n) is 2.65. The van der Waals surface area contributed by atoms with Gasteiger partial charge in [-0.15, -0.1) is 11.8 Å². The second-order valence-electron chi connectivity index (χ2n) is 6.57. The van der Waals surface area contributed by atoms with Crippen molar-refractivity contribution >= 4 is 23.4 Å². The Kier molecular flexibility index (Phi) is 7.45. The SMILES string of the molecule is CSc1nc(C(C)C)nc(C)c1C(=O)NCCCN(C)c1ccccc1. The zero-order valence-electron chi connectivity index (χ0n) is 16.2. The highest BCUT2D eigenvalue weighted by atomic mass is 32.2. The number of nitrogens with one attached hydrogen (secondary N) is 1. The molecule has 0 spiro atoms. The van der Waals surface area contributed by atoms with Gasteiger partial charge in [-0.25, -0.2) is 9.97 Å². The molecule has 0 aliphatic heterocycles. The summed E-state index contributed by atoms with van der Waals surface area (Å²) in [6.45, 7) is 7.49. The average molecular weight is 373 g/mol. The predicted molar refractivity (Wildman–Crippen MR) is 109 cm³/mol. The predicted octanol–water partition coefficient (Wildman–Crippen LogP) is 3.89. The van der Waals surface area contributed by atoms with Gasteiger partial charge in [0.1, 0.15) is 10.9 Å². The van der Waals surface area contributed by atoms with Crippen LogP contribution in [0.4, 0.5) is 5.69 Å². The lowest BCUT2D eigenvalue weighted by atomic mass is 10.1. The molecular formula is C20H28N4OS. The van der Waals surface area contributed by atoms with Crippen molar-refractivity contribution in [2.45, 2.75) is 38.1 Å². The van der Waals surface area contributed by atoms with E-state index in [0.29, 0.717) is 12.1 Å². The van der Waals surface area contributed by atoms with Crippen LogP contribution in [0, 0.1) is 6.92 Å². The molecule has 26 heavy (non-hydrogen) atoms. The number of aryl methyl sites for hydroxylation is 1. The highest BCUT2D eigenvalue weighted by molar-refractivity contribution is 7.98. The fraction of sp³-hybridized carbons (Fsp3) is 0.450. The minimum atomic E-state index is -0.0930. The van der Waals surface area contributed by atoms with E-state index in [9.17, 15) is 4.79 Å². The summed E-state index contributed by atoms with van der Waals surface area (Å²) >= 11 is 1.49. The third kappa shape index (κ3) is 5.21. The molecule has 0 unspecified atom stereocenters. The summed E-state index contributed by atoms with van der Waals surface area (Å²) in [6.07, 6.45) is 2.81. The molecule has 1 aromatic heterocycles. The van der Waals surface area contributed by atoms with Gasteiger partial charge in [-0.05, 0) is 31.7 Å². The molecule has 0 bridgehead atoms. The lowest BCUT2D eigenvalue weighted by molar-refractivity contribution is 0.0948. The largest absolute Gasteiger partial charge is 0.375 e. The van der Waals surface area contributed by atoms with Gasteiger partial charge in [-0.1, -0.05) is 32.0 Å². The first-order valence-electron chi connectivity index (χ1n) is 8.91. The number of benzene rings is 1. The Balaban J connectivity index is 1.94. The molecule has 6 heteroatoms. The van der Waals surface area contributed by atoms with E-state index < -0.39 is 0 Å². The Morgan fingerprint density at radius 3 is 2.54 bits per heavy atom. The van der Waals surface area contributed by atoms with Crippen LogP contribution in [-0.2, 0) is 0 Å². The van der Waals surface area contributed by atoms with E-state index in [1.807, 2.05) is 31.4 Å². The first kappa shape index (κ1) is 20.2. The van der Waals surface area contributed by atoms with Crippen LogP contribution in [0.1, 0.15) is 48.1 Å². The molecule has 0 radical (unpaired) electrons. The average Bonchev–Trinajstić information content (AvgIpc) is 2.64. The summed E-state index contributed by atoms with van der Waals surface area (Å²) in [4.78, 5) is 23.9. The van der Waals surface area contributed by atoms with Crippen molar-refractivity contribution in [2.75, 3.05) is 31.3 Å². The minimum absolute atomic E-state index is 0.0930. The van der Waals surface area contributed by atoms with E-state index >= 15 is 0 Å². The Hall–Kier alpha value is -2.08.